The molecule has 1 aromatic rings. The van der Waals surface area contributed by atoms with Crippen LogP contribution in [-0.4, -0.2) is 38.4 Å². The van der Waals surface area contributed by atoms with Gasteiger partial charge >= 0.3 is 6.18 Å². The number of benzene rings is 1. The van der Waals surface area contributed by atoms with Crippen molar-refractivity contribution in [2.45, 2.75) is 6.18 Å². The number of amides is 1. The Bertz CT molecular complexity index is 464. The van der Waals surface area contributed by atoms with Gasteiger partial charge < -0.3 is 15.4 Å². The summed E-state index contributed by atoms with van der Waals surface area (Å²) < 4.78 is 39.7. The Balaban J connectivity index is 2.23. The first-order valence-corrected chi connectivity index (χ1v) is 6.64. The standard InChI is InChI=1S/C12H13Cl2F3N2O2/c13-8-2-1-3-9(14)11(8)19-10(20)6-18-4-5-21-7-12(15,16)17/h1-3,18H,4-7H2,(H,19,20). The maximum atomic E-state index is 11.8. The van der Waals surface area contributed by atoms with Crippen LogP contribution in [0, 0.1) is 0 Å². The molecule has 0 saturated heterocycles. The number of halogens is 5. The Kier molecular flexibility index (Phi) is 7.24. The molecule has 0 aliphatic heterocycles. The average Bonchev–Trinajstić information content (AvgIpc) is 2.37. The van der Waals surface area contributed by atoms with Gasteiger partial charge in [-0.2, -0.15) is 13.2 Å². The van der Waals surface area contributed by atoms with Gasteiger partial charge in [-0.25, -0.2) is 0 Å². The van der Waals surface area contributed by atoms with Crippen molar-refractivity contribution in [3.8, 4) is 0 Å². The van der Waals surface area contributed by atoms with Gasteiger partial charge in [0.2, 0.25) is 5.91 Å². The largest absolute Gasteiger partial charge is 0.411 e. The highest BCUT2D eigenvalue weighted by atomic mass is 35.5. The fourth-order valence-corrected chi connectivity index (χ4v) is 1.83. The summed E-state index contributed by atoms with van der Waals surface area (Å²) >= 11 is 11.7. The molecule has 21 heavy (non-hydrogen) atoms. The molecule has 1 aromatic carbocycles. The van der Waals surface area contributed by atoms with Gasteiger partial charge in [-0.05, 0) is 12.1 Å². The molecule has 0 atom stereocenters. The second-order valence-electron chi connectivity index (χ2n) is 3.99. The summed E-state index contributed by atoms with van der Waals surface area (Å²) in [6.07, 6.45) is -4.35. The van der Waals surface area contributed by atoms with Crippen molar-refractivity contribution in [3.05, 3.63) is 28.2 Å². The molecule has 0 unspecified atom stereocenters. The van der Waals surface area contributed by atoms with Crippen LogP contribution < -0.4 is 10.6 Å². The van der Waals surface area contributed by atoms with Crippen LogP contribution in [0.3, 0.4) is 0 Å². The van der Waals surface area contributed by atoms with Gasteiger partial charge in [0.1, 0.15) is 6.61 Å². The number of hydrogen-bond acceptors (Lipinski definition) is 3. The van der Waals surface area contributed by atoms with E-state index in [1.165, 1.54) is 0 Å². The van der Waals surface area contributed by atoms with Crippen molar-refractivity contribution in [2.75, 3.05) is 31.6 Å². The summed E-state index contributed by atoms with van der Waals surface area (Å²) in [6, 6.07) is 4.78. The molecular weight excluding hydrogens is 332 g/mol. The maximum Gasteiger partial charge on any atom is 0.411 e. The Morgan fingerprint density at radius 2 is 1.86 bits per heavy atom. The number of para-hydroxylation sites is 1. The van der Waals surface area contributed by atoms with E-state index in [0.29, 0.717) is 15.7 Å². The number of rotatable bonds is 7. The first-order chi connectivity index (χ1) is 9.79. The SMILES string of the molecule is O=C(CNCCOCC(F)(F)F)Nc1c(Cl)cccc1Cl. The molecule has 0 aliphatic rings. The minimum absolute atomic E-state index is 0.100. The quantitative estimate of drug-likeness (QED) is 0.747. The summed E-state index contributed by atoms with van der Waals surface area (Å²) in [5.41, 5.74) is 0.293. The third kappa shape index (κ3) is 7.52. The van der Waals surface area contributed by atoms with Crippen molar-refractivity contribution < 1.29 is 22.7 Å². The van der Waals surface area contributed by atoms with Crippen LogP contribution in [0.1, 0.15) is 0 Å². The molecule has 0 aliphatic carbocycles. The van der Waals surface area contributed by atoms with Crippen molar-refractivity contribution in [1.82, 2.24) is 5.32 Å². The molecular formula is C12H13Cl2F3N2O2. The number of carbonyl (C=O) groups excluding carboxylic acids is 1. The van der Waals surface area contributed by atoms with Gasteiger partial charge in [-0.3, -0.25) is 4.79 Å². The predicted molar refractivity (Wildman–Crippen MR) is 74.8 cm³/mol. The zero-order chi connectivity index (χ0) is 15.9. The average molecular weight is 345 g/mol. The van der Waals surface area contributed by atoms with Gasteiger partial charge in [-0.1, -0.05) is 29.3 Å². The van der Waals surface area contributed by atoms with Gasteiger partial charge in [0, 0.05) is 6.54 Å². The number of nitrogens with one attached hydrogen (secondary N) is 2. The number of hydrogen-bond donors (Lipinski definition) is 2. The molecule has 1 amide bonds. The normalized spacial score (nSPS) is 11.5. The Hall–Kier alpha value is -1.02. The van der Waals surface area contributed by atoms with Crippen LogP contribution in [0.15, 0.2) is 18.2 Å². The summed E-state index contributed by atoms with van der Waals surface area (Å²) in [5.74, 6) is -0.416. The maximum absolute atomic E-state index is 11.8. The molecule has 2 N–H and O–H groups in total. The lowest BCUT2D eigenvalue weighted by Gasteiger charge is -2.10. The molecule has 0 spiro atoms. The van der Waals surface area contributed by atoms with E-state index in [1.54, 1.807) is 18.2 Å². The molecule has 9 heteroatoms. The molecule has 1 rings (SSSR count). The van der Waals surface area contributed by atoms with Crippen LogP contribution in [0.4, 0.5) is 18.9 Å². The second-order valence-corrected chi connectivity index (χ2v) is 4.80. The number of carbonyl (C=O) groups is 1. The van der Waals surface area contributed by atoms with Gasteiger partial charge in [0.05, 0.1) is 28.9 Å². The van der Waals surface area contributed by atoms with Crippen LogP contribution in [0.2, 0.25) is 10.0 Å². The first-order valence-electron chi connectivity index (χ1n) is 5.88. The molecule has 0 fully saturated rings. The Labute approximate surface area is 129 Å². The lowest BCUT2D eigenvalue weighted by atomic mass is 10.3. The highest BCUT2D eigenvalue weighted by molar-refractivity contribution is 6.39. The van der Waals surface area contributed by atoms with Gasteiger partial charge in [0.25, 0.3) is 0 Å². The van der Waals surface area contributed by atoms with E-state index in [1.807, 2.05) is 0 Å². The van der Waals surface area contributed by atoms with E-state index in [4.69, 9.17) is 23.2 Å². The highest BCUT2D eigenvalue weighted by Crippen LogP contribution is 2.29. The molecule has 0 saturated carbocycles. The van der Waals surface area contributed by atoms with Crippen LogP contribution in [0.5, 0.6) is 0 Å². The topological polar surface area (TPSA) is 50.4 Å². The minimum atomic E-state index is -4.35. The summed E-state index contributed by atoms with van der Waals surface area (Å²) in [5, 5.41) is 5.74. The number of alkyl halides is 3. The number of ether oxygens (including phenoxy) is 1. The molecule has 0 heterocycles. The minimum Gasteiger partial charge on any atom is -0.371 e. The lowest BCUT2D eigenvalue weighted by Crippen LogP contribution is -2.31. The van der Waals surface area contributed by atoms with E-state index in [2.05, 4.69) is 15.4 Å². The fraction of sp³-hybridized carbons (Fsp3) is 0.417. The zero-order valence-electron chi connectivity index (χ0n) is 10.8. The van der Waals surface area contributed by atoms with E-state index in [9.17, 15) is 18.0 Å². The van der Waals surface area contributed by atoms with Crippen molar-refractivity contribution >= 4 is 34.8 Å². The number of anilines is 1. The van der Waals surface area contributed by atoms with E-state index in [0.717, 1.165) is 0 Å². The third-order valence-electron chi connectivity index (χ3n) is 2.20. The van der Waals surface area contributed by atoms with E-state index < -0.39 is 18.7 Å². The Morgan fingerprint density at radius 1 is 1.24 bits per heavy atom. The zero-order valence-corrected chi connectivity index (χ0v) is 12.3. The Morgan fingerprint density at radius 3 is 2.43 bits per heavy atom. The molecule has 4 nitrogen and oxygen atoms in total. The fourth-order valence-electron chi connectivity index (χ4n) is 1.34. The van der Waals surface area contributed by atoms with Crippen LogP contribution >= 0.6 is 23.2 Å². The highest BCUT2D eigenvalue weighted by Gasteiger charge is 2.27. The lowest BCUT2D eigenvalue weighted by molar-refractivity contribution is -0.173. The van der Waals surface area contributed by atoms with Crippen molar-refractivity contribution in [1.29, 1.82) is 0 Å². The molecule has 118 valence electrons. The first kappa shape index (κ1) is 18.0. The van der Waals surface area contributed by atoms with E-state index >= 15 is 0 Å². The van der Waals surface area contributed by atoms with Crippen LogP contribution in [0.25, 0.3) is 0 Å². The predicted octanol–water partition coefficient (Wildman–Crippen LogP) is 3.10. The molecule has 0 radical (unpaired) electrons. The second kappa shape index (κ2) is 8.43. The molecule has 0 bridgehead atoms. The summed E-state index contributed by atoms with van der Waals surface area (Å²) in [4.78, 5) is 11.6. The van der Waals surface area contributed by atoms with Gasteiger partial charge in [-0.15, -0.1) is 0 Å². The van der Waals surface area contributed by atoms with Crippen molar-refractivity contribution in [3.63, 3.8) is 0 Å². The summed E-state index contributed by atoms with van der Waals surface area (Å²) in [6.45, 7) is -1.45. The monoisotopic (exact) mass is 344 g/mol. The molecule has 0 aromatic heterocycles. The van der Waals surface area contributed by atoms with Gasteiger partial charge in [0.15, 0.2) is 0 Å². The van der Waals surface area contributed by atoms with Crippen LogP contribution in [-0.2, 0) is 9.53 Å². The van der Waals surface area contributed by atoms with Crippen molar-refractivity contribution in [2.24, 2.45) is 0 Å². The van der Waals surface area contributed by atoms with E-state index in [-0.39, 0.29) is 19.7 Å². The summed E-state index contributed by atoms with van der Waals surface area (Å²) in [7, 11) is 0. The smallest absolute Gasteiger partial charge is 0.371 e. The third-order valence-corrected chi connectivity index (χ3v) is 2.83.